The molecule has 49 heavy (non-hydrogen) atoms. The molecule has 5 aromatic rings. The first-order valence-electron chi connectivity index (χ1n) is 15.3. The maximum absolute atomic E-state index is 15.3. The van der Waals surface area contributed by atoms with Gasteiger partial charge in [0.1, 0.15) is 23.5 Å². The molecule has 0 saturated carbocycles. The second kappa shape index (κ2) is 12.3. The number of aromatic nitrogens is 4. The maximum atomic E-state index is 15.3. The van der Waals surface area contributed by atoms with Crippen molar-refractivity contribution in [3.8, 4) is 16.9 Å². The predicted molar refractivity (Wildman–Crippen MR) is 182 cm³/mol. The summed E-state index contributed by atoms with van der Waals surface area (Å²) in [7, 11) is 0. The Kier molecular flexibility index (Phi) is 8.25. The van der Waals surface area contributed by atoms with E-state index in [-0.39, 0.29) is 91.5 Å². The van der Waals surface area contributed by atoms with Crippen molar-refractivity contribution in [1.82, 2.24) is 24.4 Å². The fourth-order valence-electron chi connectivity index (χ4n) is 6.78. The van der Waals surface area contributed by atoms with Gasteiger partial charge in [0, 0.05) is 64.7 Å². The number of alkyl halides is 3. The number of carbonyl (C=O) groups is 1. The molecule has 1 fully saturated rings. The number of anilines is 2. The molecule has 2 aliphatic rings. The molecule has 1 unspecified atom stereocenters. The van der Waals surface area contributed by atoms with Gasteiger partial charge >= 0.3 is 11.9 Å². The third kappa shape index (κ3) is 5.75. The normalized spacial score (nSPS) is 19.7. The number of nitrogen functional groups attached to an aromatic ring is 1. The van der Waals surface area contributed by atoms with E-state index < -0.39 is 29.4 Å². The van der Waals surface area contributed by atoms with Crippen LogP contribution in [0.15, 0.2) is 65.1 Å². The number of rotatable bonds is 5. The highest BCUT2D eigenvalue weighted by Gasteiger charge is 2.40. The number of thiazole rings is 1. The van der Waals surface area contributed by atoms with Gasteiger partial charge in [-0.25, -0.2) is 14.2 Å². The predicted octanol–water partition coefficient (Wildman–Crippen LogP) is 5.97. The Hall–Kier alpha value is -4.70. The average molecular weight is 712 g/mol. The Balaban J connectivity index is 1.50. The Morgan fingerprint density at radius 3 is 2.49 bits per heavy atom. The first kappa shape index (κ1) is 32.8. The number of hydrogen-bond donors (Lipinski definition) is 1. The lowest BCUT2D eigenvalue weighted by atomic mass is 9.95. The van der Waals surface area contributed by atoms with Crippen molar-refractivity contribution in [2.24, 2.45) is 0 Å². The van der Waals surface area contributed by atoms with E-state index >= 15 is 13.2 Å². The summed E-state index contributed by atoms with van der Waals surface area (Å²) in [5.41, 5.74) is 4.29. The molecule has 2 N–H and O–H groups in total. The van der Waals surface area contributed by atoms with E-state index in [2.05, 4.69) is 21.5 Å². The Labute approximate surface area is 285 Å². The lowest BCUT2D eigenvalue weighted by Crippen LogP contribution is -2.58. The van der Waals surface area contributed by atoms with E-state index in [0.29, 0.717) is 5.75 Å². The van der Waals surface area contributed by atoms with Crippen LogP contribution < -0.4 is 21.1 Å². The molecular formula is C33H29F4N7O3S2. The van der Waals surface area contributed by atoms with Gasteiger partial charge in [0.2, 0.25) is 5.91 Å². The van der Waals surface area contributed by atoms with E-state index in [1.807, 2.05) is 13.8 Å². The van der Waals surface area contributed by atoms with Gasteiger partial charge in [-0.1, -0.05) is 17.9 Å². The Morgan fingerprint density at radius 1 is 1.10 bits per heavy atom. The fraction of sp³-hybridized carbons (Fsp3) is 0.303. The summed E-state index contributed by atoms with van der Waals surface area (Å²) >= 11 is 1.95. The molecule has 5 heterocycles. The minimum absolute atomic E-state index is 0.000690. The number of nitrogens with two attached hydrogens (primary N) is 1. The van der Waals surface area contributed by atoms with Crippen molar-refractivity contribution in [2.45, 2.75) is 49.7 Å². The molecule has 7 rings (SSSR count). The van der Waals surface area contributed by atoms with Crippen molar-refractivity contribution in [3.63, 3.8) is 0 Å². The van der Waals surface area contributed by atoms with Crippen LogP contribution in [-0.4, -0.2) is 67.4 Å². The van der Waals surface area contributed by atoms with Gasteiger partial charge in [-0.2, -0.15) is 18.2 Å². The van der Waals surface area contributed by atoms with Crippen molar-refractivity contribution in [2.75, 3.05) is 29.5 Å². The lowest BCUT2D eigenvalue weighted by Gasteiger charge is -2.44. The molecular weight excluding hydrogens is 683 g/mol. The van der Waals surface area contributed by atoms with Crippen LogP contribution in [0.3, 0.4) is 0 Å². The summed E-state index contributed by atoms with van der Waals surface area (Å²) in [6.07, 6.45) is -1.21. The second-order valence-corrected chi connectivity index (χ2v) is 14.0. The van der Waals surface area contributed by atoms with Crippen LogP contribution in [-0.2, 0) is 17.5 Å². The van der Waals surface area contributed by atoms with E-state index in [4.69, 9.17) is 10.5 Å². The standard InChI is InChI=1S/C33H29F4N7O3S2/c1-4-24(45)44-16(2)12-42(13-17(44)3)30-21-11-22(33(35,36)37)25(20-5-6-23(34)28-26(20)40-31(38)49-28)29-27(21)43(32(46)41-30)14-19(15-48-29)47-18-7-9-39-10-8-18/h4-11,16-17,19H,1,12-15H2,2-3H3,(H2,38,40)/t16-,17+,19?. The highest BCUT2D eigenvalue weighted by molar-refractivity contribution is 7.99. The first-order valence-corrected chi connectivity index (χ1v) is 17.1. The number of ether oxygens (including phenoxy) is 1. The largest absolute Gasteiger partial charge is 0.488 e. The Morgan fingerprint density at radius 2 is 1.82 bits per heavy atom. The summed E-state index contributed by atoms with van der Waals surface area (Å²) in [6, 6.07) is 5.96. The zero-order valence-corrected chi connectivity index (χ0v) is 27.8. The van der Waals surface area contributed by atoms with Crippen molar-refractivity contribution >= 4 is 61.1 Å². The lowest BCUT2D eigenvalue weighted by molar-refractivity contribution is -0.137. The third-order valence-corrected chi connectivity index (χ3v) is 10.8. The fourth-order valence-corrected chi connectivity index (χ4v) is 8.79. The summed E-state index contributed by atoms with van der Waals surface area (Å²) in [6.45, 7) is 7.65. The van der Waals surface area contributed by atoms with Gasteiger partial charge < -0.3 is 20.3 Å². The summed E-state index contributed by atoms with van der Waals surface area (Å²) in [5.74, 6) is -0.204. The zero-order chi connectivity index (χ0) is 34.8. The molecule has 3 aromatic heterocycles. The van der Waals surface area contributed by atoms with E-state index in [1.54, 1.807) is 34.3 Å². The van der Waals surface area contributed by atoms with Crippen LogP contribution in [0.4, 0.5) is 28.5 Å². The molecule has 2 aliphatic heterocycles. The average Bonchev–Trinajstić information content (AvgIpc) is 3.35. The summed E-state index contributed by atoms with van der Waals surface area (Å²) in [4.78, 5) is 42.8. The van der Waals surface area contributed by atoms with Gasteiger partial charge in [0.05, 0.1) is 27.8 Å². The molecule has 254 valence electrons. The minimum Gasteiger partial charge on any atom is -0.488 e. The second-order valence-electron chi connectivity index (χ2n) is 12.0. The molecule has 0 bridgehead atoms. The van der Waals surface area contributed by atoms with Gasteiger partial charge in [0.25, 0.3) is 0 Å². The molecule has 10 nitrogen and oxygen atoms in total. The van der Waals surface area contributed by atoms with E-state index in [9.17, 15) is 14.0 Å². The molecule has 3 atom stereocenters. The van der Waals surface area contributed by atoms with Gasteiger partial charge in [-0.3, -0.25) is 14.3 Å². The third-order valence-electron chi connectivity index (χ3n) is 8.69. The van der Waals surface area contributed by atoms with Gasteiger partial charge in [-0.05, 0) is 50.3 Å². The van der Waals surface area contributed by atoms with Crippen molar-refractivity contribution in [3.05, 3.63) is 77.2 Å². The molecule has 0 radical (unpaired) electrons. The number of nitrogens with zero attached hydrogens (tertiary/aromatic N) is 6. The van der Waals surface area contributed by atoms with Crippen molar-refractivity contribution in [1.29, 1.82) is 0 Å². The van der Waals surface area contributed by atoms with Crippen LogP contribution in [0.1, 0.15) is 19.4 Å². The van der Waals surface area contributed by atoms with Gasteiger partial charge in [-0.15, -0.1) is 11.8 Å². The van der Waals surface area contributed by atoms with Crippen LogP contribution in [0.25, 0.3) is 32.2 Å². The number of amides is 1. The number of benzene rings is 2. The highest BCUT2D eigenvalue weighted by atomic mass is 32.2. The highest BCUT2D eigenvalue weighted by Crippen LogP contribution is 2.50. The van der Waals surface area contributed by atoms with Crippen LogP contribution in [0, 0.1) is 5.82 Å². The van der Waals surface area contributed by atoms with Crippen LogP contribution >= 0.6 is 23.1 Å². The number of carbonyl (C=O) groups excluding carboxylic acids is 1. The molecule has 0 spiro atoms. The molecule has 1 amide bonds. The first-order chi connectivity index (χ1) is 23.3. The summed E-state index contributed by atoms with van der Waals surface area (Å²) in [5, 5.41) is 0.113. The molecule has 1 saturated heterocycles. The Bertz CT molecular complexity index is 2180. The monoisotopic (exact) mass is 711 g/mol. The van der Waals surface area contributed by atoms with Gasteiger partial charge in [0.15, 0.2) is 5.13 Å². The number of halogens is 4. The summed E-state index contributed by atoms with van der Waals surface area (Å²) < 4.78 is 68.4. The number of pyridine rings is 1. The number of hydrogen-bond acceptors (Lipinski definition) is 10. The minimum atomic E-state index is -4.88. The van der Waals surface area contributed by atoms with E-state index in [1.165, 1.54) is 16.7 Å². The number of piperazine rings is 1. The van der Waals surface area contributed by atoms with Crippen molar-refractivity contribution < 1.29 is 27.1 Å². The maximum Gasteiger partial charge on any atom is 0.417 e. The number of fused-ring (bicyclic) bond motifs is 1. The molecule has 2 aromatic carbocycles. The van der Waals surface area contributed by atoms with Crippen LogP contribution in [0.2, 0.25) is 0 Å². The van der Waals surface area contributed by atoms with Crippen LogP contribution in [0.5, 0.6) is 5.75 Å². The zero-order valence-electron chi connectivity index (χ0n) is 26.2. The quantitative estimate of drug-likeness (QED) is 0.174. The van der Waals surface area contributed by atoms with E-state index in [0.717, 1.165) is 35.2 Å². The SMILES string of the molecule is C=CC(=O)N1[C@H](C)CN(c2nc(=O)n3c4c(c(-c5ccc(F)c6sc(N)nc56)c(C(F)(F)F)cc24)SCC(Oc2ccncc2)C3)C[C@@H]1C. The topological polar surface area (TPSA) is 119 Å². The molecule has 16 heteroatoms. The number of thioether (sulfide) groups is 1. The molecule has 0 aliphatic carbocycles. The smallest absolute Gasteiger partial charge is 0.417 e.